The van der Waals surface area contributed by atoms with Gasteiger partial charge in [-0.1, -0.05) is 0 Å². The van der Waals surface area contributed by atoms with Crippen LogP contribution < -0.4 is 8.58 Å². The zero-order chi connectivity index (χ0) is 10.8. The quantitative estimate of drug-likeness (QED) is 0.600. The fourth-order valence-corrected chi connectivity index (χ4v) is 3.26. The molecule has 76 valence electrons. The van der Waals surface area contributed by atoms with Crippen molar-refractivity contribution in [3.63, 3.8) is 0 Å². The van der Waals surface area contributed by atoms with Crippen LogP contribution in [0.1, 0.15) is 6.92 Å². The maximum absolute atomic E-state index is 11.5. The van der Waals surface area contributed by atoms with Crippen LogP contribution in [0.2, 0.25) is 0 Å². The molecule has 0 aliphatic heterocycles. The third-order valence-electron chi connectivity index (χ3n) is 1.51. The summed E-state index contributed by atoms with van der Waals surface area (Å²) in [5.41, 5.74) is 0. The van der Waals surface area contributed by atoms with Crippen LogP contribution in [0, 0.1) is 0 Å². The van der Waals surface area contributed by atoms with E-state index in [1.165, 1.54) is 31.2 Å². The predicted octanol–water partition coefficient (Wildman–Crippen LogP) is -0.903. The van der Waals surface area contributed by atoms with Crippen LogP contribution in [0.15, 0.2) is 24.3 Å². The van der Waals surface area contributed by atoms with Gasteiger partial charge >= 0.3 is 83.2 Å². The molecular formula is C8H10AsNO4. The molecule has 1 amide bonds. The van der Waals surface area contributed by atoms with Crippen LogP contribution in [0.3, 0.4) is 0 Å². The number of phenolic OH excluding ortho intramolecular Hbond substituents is 1. The van der Waals surface area contributed by atoms with Gasteiger partial charge in [-0.2, -0.15) is 0 Å². The van der Waals surface area contributed by atoms with Gasteiger partial charge in [0.15, 0.2) is 0 Å². The maximum atomic E-state index is 11.5. The van der Waals surface area contributed by atoms with E-state index in [4.69, 9.17) is 5.11 Å². The van der Waals surface area contributed by atoms with Crippen molar-refractivity contribution in [3.8, 4) is 5.75 Å². The normalized spacial score (nSPS) is 14.4. The summed E-state index contributed by atoms with van der Waals surface area (Å²) in [7, 11) is 0. The van der Waals surface area contributed by atoms with Gasteiger partial charge in [-0.25, -0.2) is 0 Å². The van der Waals surface area contributed by atoms with Crippen LogP contribution in [-0.4, -0.2) is 29.2 Å². The fourth-order valence-electron chi connectivity index (χ4n) is 0.933. The van der Waals surface area contributed by atoms with Gasteiger partial charge in [-0.05, 0) is 0 Å². The van der Waals surface area contributed by atoms with Gasteiger partial charge in [-0.3, -0.25) is 0 Å². The number of phenols is 1. The summed E-state index contributed by atoms with van der Waals surface area (Å²) in [5.74, 6) is -0.546. The molecule has 1 unspecified atom stereocenters. The second kappa shape index (κ2) is 3.90. The average molecular weight is 259 g/mol. The van der Waals surface area contributed by atoms with Gasteiger partial charge in [-0.15, -0.1) is 0 Å². The number of carbonyl (C=O) groups excluding carboxylic acids is 1. The van der Waals surface area contributed by atoms with E-state index in [0.717, 1.165) is 0 Å². The zero-order valence-corrected chi connectivity index (χ0v) is 9.34. The molecule has 3 N–H and O–H groups in total. The number of carbonyl (C=O) groups is 1. The summed E-state index contributed by atoms with van der Waals surface area (Å²) < 4.78 is 23.1. The second-order valence-corrected chi connectivity index (χ2v) is 6.73. The summed E-state index contributed by atoms with van der Waals surface area (Å²) >= 11 is -4.48. The van der Waals surface area contributed by atoms with Crippen LogP contribution in [0.4, 0.5) is 0 Å². The van der Waals surface area contributed by atoms with Crippen molar-refractivity contribution in [2.75, 3.05) is 0 Å². The zero-order valence-electron chi connectivity index (χ0n) is 7.47. The van der Waals surface area contributed by atoms with Crippen LogP contribution >= 0.6 is 0 Å². The van der Waals surface area contributed by atoms with Gasteiger partial charge in [0, 0.05) is 0 Å². The molecular weight excluding hydrogens is 249 g/mol. The van der Waals surface area contributed by atoms with Crippen molar-refractivity contribution in [3.05, 3.63) is 24.3 Å². The molecule has 5 nitrogen and oxygen atoms in total. The Bertz CT molecular complexity index is 387. The van der Waals surface area contributed by atoms with E-state index >= 15 is 0 Å². The first kappa shape index (κ1) is 10.9. The standard InChI is InChI=1S/C8H10AsNO4/c1-6(11)10-9(13,14)7-2-4-8(12)5-3-7/h2-5,12H,1H3,(H2,10,11,13,14). The number of rotatable bonds is 2. The van der Waals surface area contributed by atoms with E-state index in [-0.39, 0.29) is 10.1 Å². The SMILES string of the molecule is CC(=O)N[As](=O)(O)c1ccc(O)cc1. The summed E-state index contributed by atoms with van der Waals surface area (Å²) in [5, 5.41) is 8.95. The molecule has 0 fully saturated rings. The molecule has 0 bridgehead atoms. The van der Waals surface area contributed by atoms with Crippen molar-refractivity contribution in [1.82, 2.24) is 4.23 Å². The number of hydrogen-bond donors (Lipinski definition) is 3. The topological polar surface area (TPSA) is 86.6 Å². The van der Waals surface area contributed by atoms with E-state index in [1.54, 1.807) is 0 Å². The minimum atomic E-state index is -4.48. The Morgan fingerprint density at radius 1 is 1.36 bits per heavy atom. The van der Waals surface area contributed by atoms with E-state index in [9.17, 15) is 12.6 Å². The molecule has 0 saturated heterocycles. The number of aromatic hydroxyl groups is 1. The third kappa shape index (κ3) is 2.65. The first-order chi connectivity index (χ1) is 6.42. The van der Waals surface area contributed by atoms with Crippen molar-refractivity contribution >= 4 is 24.3 Å². The molecule has 0 aliphatic rings. The first-order valence-electron chi connectivity index (χ1n) is 3.83. The fraction of sp³-hybridized carbons (Fsp3) is 0.125. The minimum absolute atomic E-state index is 0.00655. The van der Waals surface area contributed by atoms with Gasteiger partial charge in [0.2, 0.25) is 0 Å². The molecule has 1 rings (SSSR count). The molecule has 1 aromatic rings. The molecule has 0 saturated carbocycles. The summed E-state index contributed by atoms with van der Waals surface area (Å²) in [6.07, 6.45) is 0. The molecule has 0 spiro atoms. The second-order valence-electron chi connectivity index (χ2n) is 2.76. The van der Waals surface area contributed by atoms with Crippen molar-refractivity contribution in [2.24, 2.45) is 0 Å². The van der Waals surface area contributed by atoms with Crippen LogP contribution in [0.5, 0.6) is 5.75 Å². The number of amides is 1. The monoisotopic (exact) mass is 259 g/mol. The number of nitrogens with one attached hydrogen (secondary N) is 1. The molecule has 0 aromatic heterocycles. The van der Waals surface area contributed by atoms with Gasteiger partial charge < -0.3 is 0 Å². The van der Waals surface area contributed by atoms with E-state index < -0.39 is 20.0 Å². The Hall–Kier alpha value is -1.19. The van der Waals surface area contributed by atoms with Crippen molar-refractivity contribution in [2.45, 2.75) is 6.92 Å². The first-order valence-corrected chi connectivity index (χ1v) is 7.31. The Balaban J connectivity index is 2.98. The van der Waals surface area contributed by atoms with E-state index in [0.29, 0.717) is 0 Å². The number of hydrogen-bond acceptors (Lipinski definition) is 3. The Kier molecular flexibility index (Phi) is 3.03. The van der Waals surface area contributed by atoms with Gasteiger partial charge in [0.25, 0.3) is 0 Å². The van der Waals surface area contributed by atoms with Crippen molar-refractivity contribution < 1.29 is 17.7 Å². The third-order valence-corrected chi connectivity index (χ3v) is 4.90. The molecule has 1 atom stereocenters. The average Bonchev–Trinajstić information content (AvgIpc) is 2.02. The molecule has 0 heterocycles. The van der Waals surface area contributed by atoms with Crippen molar-refractivity contribution in [1.29, 1.82) is 0 Å². The summed E-state index contributed by atoms with van der Waals surface area (Å²) in [6.45, 7) is 1.17. The molecule has 1 aromatic carbocycles. The van der Waals surface area contributed by atoms with Crippen LogP contribution in [-0.2, 0) is 8.53 Å². The number of benzene rings is 1. The Morgan fingerprint density at radius 2 is 1.86 bits per heavy atom. The summed E-state index contributed by atoms with van der Waals surface area (Å²) in [6, 6.07) is 5.21. The summed E-state index contributed by atoms with van der Waals surface area (Å²) in [4.78, 5) is 10.6. The van der Waals surface area contributed by atoms with E-state index in [2.05, 4.69) is 0 Å². The molecule has 0 radical (unpaired) electrons. The Labute approximate surface area is 83.6 Å². The molecule has 14 heavy (non-hydrogen) atoms. The van der Waals surface area contributed by atoms with Crippen LogP contribution in [0.25, 0.3) is 0 Å². The van der Waals surface area contributed by atoms with E-state index in [1.807, 2.05) is 4.23 Å². The van der Waals surface area contributed by atoms with Gasteiger partial charge in [0.05, 0.1) is 0 Å². The van der Waals surface area contributed by atoms with Gasteiger partial charge in [0.1, 0.15) is 0 Å². The molecule has 0 aliphatic carbocycles. The predicted molar refractivity (Wildman–Crippen MR) is 50.2 cm³/mol. The Morgan fingerprint density at radius 3 is 2.29 bits per heavy atom. The molecule has 6 heteroatoms.